The van der Waals surface area contributed by atoms with E-state index in [0.717, 1.165) is 31.2 Å². The first kappa shape index (κ1) is 15.9. The molecule has 0 aromatic heterocycles. The predicted molar refractivity (Wildman–Crippen MR) is 74.8 cm³/mol. The van der Waals surface area contributed by atoms with Gasteiger partial charge in [0.25, 0.3) is 0 Å². The van der Waals surface area contributed by atoms with Crippen molar-refractivity contribution in [2.75, 3.05) is 32.8 Å². The summed E-state index contributed by atoms with van der Waals surface area (Å²) in [6, 6.07) is 2.27. The van der Waals surface area contributed by atoms with Crippen LogP contribution in [0.3, 0.4) is 0 Å². The molecule has 6 heteroatoms. The van der Waals surface area contributed by atoms with Crippen LogP contribution in [0, 0.1) is 11.6 Å². The lowest BCUT2D eigenvalue weighted by Gasteiger charge is -2.29. The zero-order valence-electron chi connectivity index (χ0n) is 12.1. The zero-order chi connectivity index (χ0) is 15.2. The molecule has 0 radical (unpaired) electrons. The van der Waals surface area contributed by atoms with Crippen LogP contribution in [0.5, 0.6) is 0 Å². The van der Waals surface area contributed by atoms with Crippen molar-refractivity contribution in [1.29, 1.82) is 0 Å². The third-order valence-electron chi connectivity index (χ3n) is 3.50. The van der Waals surface area contributed by atoms with Crippen molar-refractivity contribution in [3.05, 3.63) is 35.4 Å². The van der Waals surface area contributed by atoms with Crippen LogP contribution in [-0.4, -0.2) is 43.7 Å². The first-order valence-electron chi connectivity index (χ1n) is 7.20. The molecule has 0 saturated carbocycles. The van der Waals surface area contributed by atoms with Crippen LogP contribution < -0.4 is 5.32 Å². The van der Waals surface area contributed by atoms with E-state index >= 15 is 0 Å². The Kier molecular flexibility index (Phi) is 5.64. The van der Waals surface area contributed by atoms with Gasteiger partial charge in [-0.15, -0.1) is 0 Å². The Morgan fingerprint density at radius 2 is 2.19 bits per heavy atom. The monoisotopic (exact) mass is 298 g/mol. The number of halogens is 2. The molecule has 1 unspecified atom stereocenters. The molecule has 1 atom stereocenters. The summed E-state index contributed by atoms with van der Waals surface area (Å²) in [4.78, 5) is 14.1. The fraction of sp³-hybridized carbons (Fsp3) is 0.533. The van der Waals surface area contributed by atoms with E-state index in [2.05, 4.69) is 5.32 Å². The molecule has 1 saturated heterocycles. The van der Waals surface area contributed by atoms with Crippen molar-refractivity contribution in [1.82, 2.24) is 10.2 Å². The quantitative estimate of drug-likeness (QED) is 0.862. The number of nitrogens with zero attached hydrogens (tertiary/aromatic N) is 1. The molecule has 1 heterocycles. The molecule has 1 fully saturated rings. The topological polar surface area (TPSA) is 41.6 Å². The second-order valence-corrected chi connectivity index (χ2v) is 4.96. The number of nitrogens with one attached hydrogen (secondary N) is 1. The molecule has 1 aromatic carbocycles. The average Bonchev–Trinajstić information content (AvgIpc) is 2.72. The molecule has 0 spiro atoms. The molecule has 4 nitrogen and oxygen atoms in total. The van der Waals surface area contributed by atoms with Gasteiger partial charge in [0.05, 0.1) is 6.61 Å². The molecule has 1 aliphatic rings. The maximum Gasteiger partial charge on any atom is 0.328 e. The van der Waals surface area contributed by atoms with Gasteiger partial charge >= 0.3 is 5.97 Å². The zero-order valence-corrected chi connectivity index (χ0v) is 12.1. The van der Waals surface area contributed by atoms with Crippen molar-refractivity contribution in [3.8, 4) is 0 Å². The molecule has 2 rings (SSSR count). The van der Waals surface area contributed by atoms with Gasteiger partial charge in [-0.3, -0.25) is 4.90 Å². The Bertz CT molecular complexity index is 489. The summed E-state index contributed by atoms with van der Waals surface area (Å²) < 4.78 is 32.6. The van der Waals surface area contributed by atoms with Crippen molar-refractivity contribution >= 4 is 5.97 Å². The highest BCUT2D eigenvalue weighted by atomic mass is 19.1. The first-order valence-corrected chi connectivity index (χ1v) is 7.20. The summed E-state index contributed by atoms with van der Waals surface area (Å²) in [6.45, 7) is 4.66. The van der Waals surface area contributed by atoms with Crippen LogP contribution in [0.2, 0.25) is 0 Å². The molecule has 1 N–H and O–H groups in total. The minimum Gasteiger partial charge on any atom is -0.465 e. The van der Waals surface area contributed by atoms with Gasteiger partial charge in [-0.2, -0.15) is 0 Å². The Morgan fingerprint density at radius 1 is 1.38 bits per heavy atom. The molecule has 0 amide bonds. The van der Waals surface area contributed by atoms with Crippen LogP contribution in [-0.2, 0) is 9.53 Å². The molecule has 1 aliphatic heterocycles. The van der Waals surface area contributed by atoms with Crippen LogP contribution in [0.15, 0.2) is 18.2 Å². The maximum atomic E-state index is 14.1. The summed E-state index contributed by atoms with van der Waals surface area (Å²) in [7, 11) is 0. The number of carbonyl (C=O) groups is 1. The highest BCUT2D eigenvalue weighted by Gasteiger charge is 2.31. The fourth-order valence-corrected chi connectivity index (χ4v) is 2.54. The third-order valence-corrected chi connectivity index (χ3v) is 3.50. The van der Waals surface area contributed by atoms with E-state index in [9.17, 15) is 13.6 Å². The summed E-state index contributed by atoms with van der Waals surface area (Å²) in [5.41, 5.74) is 0.0374. The van der Waals surface area contributed by atoms with E-state index in [-0.39, 0.29) is 12.2 Å². The van der Waals surface area contributed by atoms with Gasteiger partial charge in [-0.25, -0.2) is 13.6 Å². The van der Waals surface area contributed by atoms with Gasteiger partial charge in [-0.05, 0) is 38.1 Å². The smallest absolute Gasteiger partial charge is 0.328 e. The van der Waals surface area contributed by atoms with Gasteiger partial charge in [0.15, 0.2) is 0 Å². The summed E-state index contributed by atoms with van der Waals surface area (Å²) in [6.07, 6.45) is 0.840. The van der Waals surface area contributed by atoms with Crippen molar-refractivity contribution in [2.24, 2.45) is 0 Å². The van der Waals surface area contributed by atoms with Crippen LogP contribution >= 0.6 is 0 Å². The Hall–Kier alpha value is -1.53. The van der Waals surface area contributed by atoms with E-state index in [1.54, 1.807) is 6.92 Å². The highest BCUT2D eigenvalue weighted by Crippen LogP contribution is 2.26. The lowest BCUT2D eigenvalue weighted by atomic mass is 10.0. The van der Waals surface area contributed by atoms with Gasteiger partial charge in [0.2, 0.25) is 0 Å². The third kappa shape index (κ3) is 3.98. The van der Waals surface area contributed by atoms with Gasteiger partial charge in [0.1, 0.15) is 17.7 Å². The van der Waals surface area contributed by atoms with Crippen LogP contribution in [0.4, 0.5) is 8.78 Å². The highest BCUT2D eigenvalue weighted by molar-refractivity contribution is 5.77. The average molecular weight is 298 g/mol. The standard InChI is InChI=1S/C15H20F2N2O2/c1-2-21-15(20)14(19-8-3-6-18-7-9-19)12-10-11(16)4-5-13(12)17/h4-5,10,14,18H,2-3,6-9H2,1H3. The predicted octanol–water partition coefficient (Wildman–Crippen LogP) is 1.86. The number of hydrogen-bond acceptors (Lipinski definition) is 4. The normalized spacial score (nSPS) is 18.0. The van der Waals surface area contributed by atoms with E-state index in [4.69, 9.17) is 4.74 Å². The second-order valence-electron chi connectivity index (χ2n) is 4.96. The number of benzene rings is 1. The number of carbonyl (C=O) groups excluding carboxylic acids is 1. The Balaban J connectivity index is 2.34. The summed E-state index contributed by atoms with van der Waals surface area (Å²) in [5.74, 6) is -1.69. The SMILES string of the molecule is CCOC(=O)C(c1cc(F)ccc1F)N1CCCNCC1. The van der Waals surface area contributed by atoms with Crippen LogP contribution in [0.25, 0.3) is 0 Å². The van der Waals surface area contributed by atoms with E-state index in [1.165, 1.54) is 0 Å². The number of rotatable bonds is 4. The molecular weight excluding hydrogens is 278 g/mol. The first-order chi connectivity index (χ1) is 10.1. The van der Waals surface area contributed by atoms with E-state index < -0.39 is 23.6 Å². The minimum atomic E-state index is -0.902. The molecule has 21 heavy (non-hydrogen) atoms. The fourth-order valence-electron chi connectivity index (χ4n) is 2.54. The molecule has 0 aliphatic carbocycles. The number of hydrogen-bond donors (Lipinski definition) is 1. The molecular formula is C15H20F2N2O2. The maximum absolute atomic E-state index is 14.1. The molecule has 1 aromatic rings. The lowest BCUT2D eigenvalue weighted by molar-refractivity contribution is -0.150. The lowest BCUT2D eigenvalue weighted by Crippen LogP contribution is -2.38. The summed E-state index contributed by atoms with van der Waals surface area (Å²) in [5, 5.41) is 3.22. The van der Waals surface area contributed by atoms with E-state index in [1.807, 2.05) is 4.90 Å². The summed E-state index contributed by atoms with van der Waals surface area (Å²) >= 11 is 0. The van der Waals surface area contributed by atoms with Crippen molar-refractivity contribution in [3.63, 3.8) is 0 Å². The van der Waals surface area contributed by atoms with Crippen molar-refractivity contribution in [2.45, 2.75) is 19.4 Å². The molecule has 0 bridgehead atoms. The van der Waals surface area contributed by atoms with Crippen LogP contribution in [0.1, 0.15) is 24.9 Å². The molecule has 116 valence electrons. The largest absolute Gasteiger partial charge is 0.465 e. The Labute approximate surface area is 123 Å². The van der Waals surface area contributed by atoms with Crippen molar-refractivity contribution < 1.29 is 18.3 Å². The minimum absolute atomic E-state index is 0.0374. The number of ether oxygens (including phenoxy) is 1. The van der Waals surface area contributed by atoms with E-state index in [0.29, 0.717) is 19.6 Å². The number of esters is 1. The van der Waals surface area contributed by atoms with Gasteiger partial charge in [0, 0.05) is 25.2 Å². The van der Waals surface area contributed by atoms with Gasteiger partial charge in [-0.1, -0.05) is 0 Å². The van der Waals surface area contributed by atoms with Gasteiger partial charge < -0.3 is 10.1 Å². The second kappa shape index (κ2) is 7.47. The Morgan fingerprint density at radius 3 is 2.95 bits per heavy atom.